The molecule has 236 valence electrons. The summed E-state index contributed by atoms with van der Waals surface area (Å²) in [5.74, 6) is -1.32. The summed E-state index contributed by atoms with van der Waals surface area (Å²) in [5.41, 5.74) is 10.6. The minimum absolute atomic E-state index is 0.0261. The van der Waals surface area contributed by atoms with Crippen molar-refractivity contribution in [3.8, 4) is 0 Å². The quantitative estimate of drug-likeness (QED) is 0.0797. The predicted molar refractivity (Wildman–Crippen MR) is 163 cm³/mol. The topological polar surface area (TPSA) is 179 Å². The molecule has 0 bridgehead atoms. The van der Waals surface area contributed by atoms with E-state index in [1.807, 2.05) is 64.1 Å². The van der Waals surface area contributed by atoms with E-state index in [1.54, 1.807) is 24.3 Å². The van der Waals surface area contributed by atoms with Crippen LogP contribution < -0.4 is 32.3 Å². The molecule has 0 aromatic heterocycles. The molecule has 0 heterocycles. The van der Waals surface area contributed by atoms with Crippen molar-refractivity contribution < 1.29 is 33.8 Å². The zero-order valence-electron chi connectivity index (χ0n) is 24.8. The number of aliphatic hydroxyl groups is 1. The zero-order chi connectivity index (χ0) is 31.8. The maximum Gasteiger partial charge on any atom is 0.408 e. The van der Waals surface area contributed by atoms with Gasteiger partial charge >= 0.3 is 12.2 Å². The fraction of sp³-hybridized carbons (Fsp3) is 0.448. The van der Waals surface area contributed by atoms with E-state index in [1.165, 1.54) is 0 Å². The number of amides is 4. The number of carbonyl (C=O) groups excluding carboxylic acids is 4. The molecule has 0 saturated carbocycles. The van der Waals surface area contributed by atoms with Crippen molar-refractivity contribution in [2.45, 2.75) is 71.0 Å². The Labute approximate surface area is 257 Å². The minimum atomic E-state index is -2.32. The highest BCUT2D eigenvalue weighted by molar-refractivity contribution is 7.81. The van der Waals surface area contributed by atoms with Crippen molar-refractivity contribution >= 4 is 36.6 Å². The smallest absolute Gasteiger partial charge is 0.408 e. The van der Waals surface area contributed by atoms with Crippen LogP contribution in [0.15, 0.2) is 60.7 Å². The molecule has 2 aromatic rings. The lowest BCUT2D eigenvalue weighted by atomic mass is 10.0. The van der Waals surface area contributed by atoms with Crippen LogP contribution in [0.1, 0.15) is 51.7 Å². The van der Waals surface area contributed by atoms with Gasteiger partial charge in [0.1, 0.15) is 25.3 Å². The monoisotopic (exact) mass is 618 g/mol. The standard InChI is InChI=1S/C29H42N6O7S/c1-19(2)15-23(30-27(38)41-17-21-11-7-5-8-12-21)25(36)32-34-29(40,43)35-33-26(37)24(16-20(3)4)31-28(39)42-18-22-13-9-6-10-14-22/h5-14,19-20,23-24,34-35,40,43H,15-18H2,1-4H3,(H,30,38)(H,31,39)(H,32,36)(H,33,37)/t23-,24-/m0/s1. The molecule has 0 saturated heterocycles. The number of hydrogen-bond acceptors (Lipinski definition) is 10. The number of carbonyl (C=O) groups is 4. The highest BCUT2D eigenvalue weighted by Crippen LogP contribution is 2.09. The molecule has 4 amide bonds. The van der Waals surface area contributed by atoms with Crippen LogP contribution in [0.4, 0.5) is 9.59 Å². The number of hydrogen-bond donors (Lipinski definition) is 8. The van der Waals surface area contributed by atoms with Crippen molar-refractivity contribution in [3.05, 3.63) is 71.8 Å². The molecule has 0 radical (unpaired) electrons. The second kappa shape index (κ2) is 18.0. The first-order valence-electron chi connectivity index (χ1n) is 13.9. The summed E-state index contributed by atoms with van der Waals surface area (Å²) >= 11 is 3.98. The lowest BCUT2D eigenvalue weighted by Gasteiger charge is -2.28. The molecule has 0 aliphatic heterocycles. The first kappa shape index (κ1) is 35.3. The van der Waals surface area contributed by atoms with Gasteiger partial charge in [0.25, 0.3) is 17.0 Å². The third kappa shape index (κ3) is 14.7. The number of benzene rings is 2. The van der Waals surface area contributed by atoms with Gasteiger partial charge in [0.2, 0.25) is 0 Å². The molecule has 7 N–H and O–H groups in total. The van der Waals surface area contributed by atoms with Crippen molar-refractivity contribution in [2.75, 3.05) is 0 Å². The number of thiol groups is 1. The van der Waals surface area contributed by atoms with Crippen LogP contribution in [0, 0.1) is 11.8 Å². The third-order valence-corrected chi connectivity index (χ3v) is 6.00. The van der Waals surface area contributed by atoms with Crippen LogP contribution in [0.2, 0.25) is 0 Å². The van der Waals surface area contributed by atoms with Crippen LogP contribution in [-0.4, -0.2) is 46.4 Å². The van der Waals surface area contributed by atoms with Crippen LogP contribution in [0.3, 0.4) is 0 Å². The molecule has 2 rings (SSSR count). The van der Waals surface area contributed by atoms with E-state index in [4.69, 9.17) is 9.47 Å². The fourth-order valence-electron chi connectivity index (χ4n) is 3.72. The molecule has 0 unspecified atom stereocenters. The summed E-state index contributed by atoms with van der Waals surface area (Å²) in [4.78, 5) is 50.3. The number of nitrogens with one attached hydrogen (secondary N) is 6. The first-order chi connectivity index (χ1) is 20.3. The number of rotatable bonds is 16. The van der Waals surface area contributed by atoms with E-state index >= 15 is 0 Å². The van der Waals surface area contributed by atoms with Gasteiger partial charge in [-0.1, -0.05) is 88.4 Å². The van der Waals surface area contributed by atoms with E-state index < -0.39 is 41.3 Å². The fourth-order valence-corrected chi connectivity index (χ4v) is 3.83. The normalized spacial score (nSPS) is 12.7. The summed E-state index contributed by atoms with van der Waals surface area (Å²) in [6, 6.07) is 16.1. The molecule has 13 nitrogen and oxygen atoms in total. The van der Waals surface area contributed by atoms with E-state index in [-0.39, 0.29) is 37.9 Å². The van der Waals surface area contributed by atoms with Gasteiger partial charge in [-0.2, -0.15) is 10.9 Å². The minimum Gasteiger partial charge on any atom is -0.445 e. The number of hydrazine groups is 2. The van der Waals surface area contributed by atoms with Crippen molar-refractivity contribution in [2.24, 2.45) is 11.8 Å². The molecule has 2 atom stereocenters. The van der Waals surface area contributed by atoms with Crippen LogP contribution in [0.25, 0.3) is 0 Å². The molecular formula is C29H42N6O7S. The molecule has 0 spiro atoms. The predicted octanol–water partition coefficient (Wildman–Crippen LogP) is 2.44. The molecule has 0 aliphatic carbocycles. The Morgan fingerprint density at radius 1 is 0.698 bits per heavy atom. The van der Waals surface area contributed by atoms with Crippen LogP contribution >= 0.6 is 12.6 Å². The Morgan fingerprint density at radius 2 is 1.05 bits per heavy atom. The second-order valence-corrected chi connectivity index (χ2v) is 11.3. The first-order valence-corrected chi connectivity index (χ1v) is 14.3. The number of alkyl carbamates (subject to hydrolysis) is 2. The van der Waals surface area contributed by atoms with E-state index in [0.717, 1.165) is 11.1 Å². The average Bonchev–Trinajstić information content (AvgIpc) is 2.96. The Hall–Kier alpha value is -3.85. The average molecular weight is 619 g/mol. The van der Waals surface area contributed by atoms with Gasteiger partial charge in [-0.15, -0.1) is 12.6 Å². The maximum atomic E-state index is 12.8. The summed E-state index contributed by atoms with van der Waals surface area (Å²) < 4.78 is 10.4. The van der Waals surface area contributed by atoms with Gasteiger partial charge in [0.15, 0.2) is 0 Å². The van der Waals surface area contributed by atoms with E-state index in [9.17, 15) is 24.3 Å². The van der Waals surface area contributed by atoms with Gasteiger partial charge in [0, 0.05) is 0 Å². The Morgan fingerprint density at radius 3 is 1.37 bits per heavy atom. The summed E-state index contributed by atoms with van der Waals surface area (Å²) in [5, 5.41) is 13.2. The zero-order valence-corrected chi connectivity index (χ0v) is 25.6. The van der Waals surface area contributed by atoms with Crippen molar-refractivity contribution in [1.29, 1.82) is 0 Å². The van der Waals surface area contributed by atoms with Gasteiger partial charge in [-0.3, -0.25) is 20.4 Å². The molecule has 14 heteroatoms. The maximum absolute atomic E-state index is 12.8. The van der Waals surface area contributed by atoms with E-state index in [0.29, 0.717) is 0 Å². The van der Waals surface area contributed by atoms with Gasteiger partial charge in [-0.05, 0) is 35.8 Å². The lowest BCUT2D eigenvalue weighted by Crippen LogP contribution is -2.66. The number of ether oxygens (including phenoxy) is 2. The Bertz CT molecular complexity index is 1080. The second-order valence-electron chi connectivity index (χ2n) is 10.7. The van der Waals surface area contributed by atoms with Crippen molar-refractivity contribution in [1.82, 2.24) is 32.3 Å². The van der Waals surface area contributed by atoms with Gasteiger partial charge in [-0.25, -0.2) is 9.59 Å². The SMILES string of the molecule is CC(C)C[C@H](NC(=O)OCc1ccccc1)C(=O)NNC(O)(S)NNC(=O)[C@H](CC(C)C)NC(=O)OCc1ccccc1. The third-order valence-electron chi connectivity index (χ3n) is 5.78. The van der Waals surface area contributed by atoms with Gasteiger partial charge < -0.3 is 25.2 Å². The van der Waals surface area contributed by atoms with Crippen molar-refractivity contribution in [3.63, 3.8) is 0 Å². The molecule has 0 aliphatic rings. The summed E-state index contributed by atoms with van der Waals surface area (Å²) in [6.07, 6.45) is -1.04. The largest absolute Gasteiger partial charge is 0.445 e. The Kier molecular flexibility index (Phi) is 14.8. The van der Waals surface area contributed by atoms with Gasteiger partial charge in [0.05, 0.1) is 0 Å². The summed E-state index contributed by atoms with van der Waals surface area (Å²) in [6.45, 7) is 7.54. The summed E-state index contributed by atoms with van der Waals surface area (Å²) in [7, 11) is 0. The highest BCUT2D eigenvalue weighted by atomic mass is 32.1. The Balaban J connectivity index is 1.86. The lowest BCUT2D eigenvalue weighted by molar-refractivity contribution is -0.128. The highest BCUT2D eigenvalue weighted by Gasteiger charge is 2.29. The molecule has 2 aromatic carbocycles. The molecular weight excluding hydrogens is 576 g/mol. The van der Waals surface area contributed by atoms with Crippen LogP contribution in [-0.2, 0) is 32.3 Å². The molecule has 43 heavy (non-hydrogen) atoms. The van der Waals surface area contributed by atoms with Crippen LogP contribution in [0.5, 0.6) is 0 Å². The van der Waals surface area contributed by atoms with E-state index in [2.05, 4.69) is 45.0 Å². The molecule has 0 fully saturated rings.